The molecule has 2 atom stereocenters. The number of nitrogens with zero attached hydrogens (tertiary/aromatic N) is 3. The first-order valence-corrected chi connectivity index (χ1v) is 7.23. The highest BCUT2D eigenvalue weighted by atomic mass is 35.5. The number of halogens is 1. The van der Waals surface area contributed by atoms with Gasteiger partial charge in [0.05, 0.1) is 0 Å². The van der Waals surface area contributed by atoms with Crippen LogP contribution in [0.1, 0.15) is 18.4 Å². The molecule has 1 aromatic rings. The molecule has 8 heteroatoms. The number of hydrogen-bond acceptors (Lipinski definition) is 4. The van der Waals surface area contributed by atoms with E-state index in [1.54, 1.807) is 18.3 Å². The molecule has 0 aromatic carbocycles. The summed E-state index contributed by atoms with van der Waals surface area (Å²) in [5.41, 5.74) is 0.822. The lowest BCUT2D eigenvalue weighted by molar-refractivity contribution is -0.482. The molecule has 0 N–H and O–H groups in total. The molecule has 0 fully saturated rings. The second-order valence-electron chi connectivity index (χ2n) is 3.76. The van der Waals surface area contributed by atoms with Crippen LogP contribution in [-0.4, -0.2) is 26.2 Å². The van der Waals surface area contributed by atoms with Crippen molar-refractivity contribution in [2.24, 2.45) is 4.47 Å². The highest BCUT2D eigenvalue weighted by Crippen LogP contribution is 2.18. The molecule has 0 saturated heterocycles. The molecule has 0 aliphatic rings. The lowest BCUT2D eigenvalue weighted by Crippen LogP contribution is -2.12. The Labute approximate surface area is 104 Å². The van der Waals surface area contributed by atoms with Crippen LogP contribution in [-0.2, 0) is 9.73 Å². The molecule has 1 heterocycles. The summed E-state index contributed by atoms with van der Waals surface area (Å²) < 4.78 is 14.8. The Morgan fingerprint density at radius 2 is 2.29 bits per heavy atom. The Hall–Kier alpha value is -1.21. The van der Waals surface area contributed by atoms with Gasteiger partial charge in [-0.15, -0.1) is 0 Å². The standard InChI is InChI=1S/C9H12ClN3O3S/c1-7(6-17(2,16)12-13(14)15)8-3-4-9(10)11-5-8/h3-5,7H,6H2,1-2H3. The maximum atomic E-state index is 11.8. The lowest BCUT2D eigenvalue weighted by atomic mass is 10.1. The van der Waals surface area contributed by atoms with Crippen molar-refractivity contribution in [1.82, 2.24) is 4.98 Å². The Kier molecular flexibility index (Phi) is 4.41. The first-order chi connectivity index (χ1) is 7.80. The number of pyridine rings is 1. The Bertz CT molecular complexity index is 523. The van der Waals surface area contributed by atoms with Gasteiger partial charge in [0.25, 0.3) is 0 Å². The molecular formula is C9H12ClN3O3S. The van der Waals surface area contributed by atoms with E-state index in [1.807, 2.05) is 6.92 Å². The van der Waals surface area contributed by atoms with E-state index in [0.717, 1.165) is 5.56 Å². The summed E-state index contributed by atoms with van der Waals surface area (Å²) in [7, 11) is -2.82. The fraction of sp³-hybridized carbons (Fsp3) is 0.444. The van der Waals surface area contributed by atoms with Gasteiger partial charge in [-0.1, -0.05) is 24.6 Å². The monoisotopic (exact) mass is 277 g/mol. The van der Waals surface area contributed by atoms with Crippen LogP contribution in [0.5, 0.6) is 0 Å². The zero-order valence-electron chi connectivity index (χ0n) is 9.37. The first-order valence-electron chi connectivity index (χ1n) is 4.76. The smallest absolute Gasteiger partial charge is 0.199 e. The van der Waals surface area contributed by atoms with Crippen molar-refractivity contribution in [3.63, 3.8) is 0 Å². The highest BCUT2D eigenvalue weighted by Gasteiger charge is 2.15. The number of nitro groups is 1. The van der Waals surface area contributed by atoms with Crippen LogP contribution in [0.15, 0.2) is 22.8 Å². The van der Waals surface area contributed by atoms with Gasteiger partial charge in [0, 0.05) is 18.2 Å². The Morgan fingerprint density at radius 3 is 2.76 bits per heavy atom. The molecular weight excluding hydrogens is 266 g/mol. The van der Waals surface area contributed by atoms with Gasteiger partial charge in [0.15, 0.2) is 5.03 Å². The number of aromatic nitrogens is 1. The first kappa shape index (κ1) is 13.9. The van der Waals surface area contributed by atoms with Gasteiger partial charge in [-0.05, 0) is 17.5 Å². The average molecular weight is 278 g/mol. The van der Waals surface area contributed by atoms with Crippen LogP contribution in [0, 0.1) is 10.1 Å². The molecule has 1 rings (SSSR count). The van der Waals surface area contributed by atoms with Gasteiger partial charge >= 0.3 is 0 Å². The molecule has 6 nitrogen and oxygen atoms in total. The minimum Gasteiger partial charge on any atom is -0.244 e. The minimum absolute atomic E-state index is 0.108. The van der Waals surface area contributed by atoms with E-state index in [1.165, 1.54) is 6.26 Å². The fourth-order valence-electron chi connectivity index (χ4n) is 1.41. The Morgan fingerprint density at radius 1 is 1.65 bits per heavy atom. The van der Waals surface area contributed by atoms with Crippen LogP contribution in [0.2, 0.25) is 5.15 Å². The van der Waals surface area contributed by atoms with E-state index in [4.69, 9.17) is 11.6 Å². The summed E-state index contributed by atoms with van der Waals surface area (Å²) >= 11 is 5.64. The van der Waals surface area contributed by atoms with E-state index in [2.05, 4.69) is 9.46 Å². The quantitative estimate of drug-likeness (QED) is 0.479. The maximum absolute atomic E-state index is 11.8. The third-order valence-electron chi connectivity index (χ3n) is 2.12. The molecule has 0 spiro atoms. The van der Waals surface area contributed by atoms with Gasteiger partial charge in [0.2, 0.25) is 0 Å². The SMILES string of the molecule is CC(CS(C)(=O)=N[N+](=O)[O-])c1ccc(Cl)nc1. The second kappa shape index (κ2) is 5.42. The van der Waals surface area contributed by atoms with Crippen LogP contribution in [0.3, 0.4) is 0 Å². The van der Waals surface area contributed by atoms with Gasteiger partial charge < -0.3 is 0 Å². The molecule has 0 amide bonds. The molecule has 0 bridgehead atoms. The van der Waals surface area contributed by atoms with E-state index in [9.17, 15) is 14.3 Å². The van der Waals surface area contributed by atoms with Gasteiger partial charge in [-0.2, -0.15) is 0 Å². The molecule has 2 unspecified atom stereocenters. The maximum Gasteiger partial charge on any atom is 0.199 e. The minimum atomic E-state index is -2.82. The lowest BCUT2D eigenvalue weighted by Gasteiger charge is -2.10. The van der Waals surface area contributed by atoms with Crippen LogP contribution < -0.4 is 0 Å². The summed E-state index contributed by atoms with van der Waals surface area (Å²) in [6, 6.07) is 3.37. The van der Waals surface area contributed by atoms with Gasteiger partial charge in [0.1, 0.15) is 19.4 Å². The second-order valence-corrected chi connectivity index (χ2v) is 6.56. The number of rotatable bonds is 4. The topological polar surface area (TPSA) is 85.5 Å². The van der Waals surface area contributed by atoms with Crippen LogP contribution >= 0.6 is 11.6 Å². The molecule has 0 radical (unpaired) electrons. The summed E-state index contributed by atoms with van der Waals surface area (Å²) in [5, 5.41) is 9.67. The predicted octanol–water partition coefficient (Wildman–Crippen LogP) is 2.13. The largest absolute Gasteiger partial charge is 0.244 e. The normalized spacial score (nSPS) is 15.9. The van der Waals surface area contributed by atoms with E-state index >= 15 is 0 Å². The molecule has 94 valence electrons. The van der Waals surface area contributed by atoms with Crippen molar-refractivity contribution in [3.8, 4) is 0 Å². The average Bonchev–Trinajstić information content (AvgIpc) is 2.15. The third-order valence-corrected chi connectivity index (χ3v) is 3.94. The van der Waals surface area contributed by atoms with Crippen molar-refractivity contribution in [2.45, 2.75) is 12.8 Å². The fourth-order valence-corrected chi connectivity index (χ4v) is 2.99. The molecule has 1 aromatic heterocycles. The van der Waals surface area contributed by atoms with Crippen LogP contribution in [0.25, 0.3) is 0 Å². The van der Waals surface area contributed by atoms with Crippen molar-refractivity contribution in [2.75, 3.05) is 12.0 Å². The van der Waals surface area contributed by atoms with Crippen molar-refractivity contribution >= 4 is 21.3 Å². The van der Waals surface area contributed by atoms with Gasteiger partial charge in [-0.3, -0.25) is 0 Å². The molecule has 17 heavy (non-hydrogen) atoms. The van der Waals surface area contributed by atoms with Gasteiger partial charge in [-0.25, -0.2) is 19.3 Å². The van der Waals surface area contributed by atoms with Crippen molar-refractivity contribution in [3.05, 3.63) is 39.2 Å². The molecule has 0 aliphatic heterocycles. The van der Waals surface area contributed by atoms with E-state index < -0.39 is 14.8 Å². The summed E-state index contributed by atoms with van der Waals surface area (Å²) in [6.07, 6.45) is 2.84. The van der Waals surface area contributed by atoms with E-state index in [-0.39, 0.29) is 11.7 Å². The zero-order chi connectivity index (χ0) is 13.1. The summed E-state index contributed by atoms with van der Waals surface area (Å²) in [4.78, 5) is 14.1. The highest BCUT2D eigenvalue weighted by molar-refractivity contribution is 7.92. The molecule has 0 saturated carbocycles. The van der Waals surface area contributed by atoms with E-state index in [0.29, 0.717) is 5.15 Å². The van der Waals surface area contributed by atoms with Crippen LogP contribution in [0.4, 0.5) is 0 Å². The van der Waals surface area contributed by atoms with Crippen molar-refractivity contribution < 1.29 is 9.24 Å². The summed E-state index contributed by atoms with van der Waals surface area (Å²) in [6.45, 7) is 1.81. The molecule has 0 aliphatic carbocycles. The zero-order valence-corrected chi connectivity index (χ0v) is 10.9. The third kappa shape index (κ3) is 4.66. The van der Waals surface area contributed by atoms with Crippen molar-refractivity contribution in [1.29, 1.82) is 0 Å². The number of hydrogen-bond donors (Lipinski definition) is 0. The summed E-state index contributed by atoms with van der Waals surface area (Å²) in [5.74, 6) is -0.0296. The predicted molar refractivity (Wildman–Crippen MR) is 66.0 cm³/mol. The Balaban J connectivity index is 2.86.